The van der Waals surface area contributed by atoms with E-state index in [9.17, 15) is 0 Å². The number of aryl methyl sites for hydroxylation is 1. The Morgan fingerprint density at radius 1 is 1.12 bits per heavy atom. The van der Waals surface area contributed by atoms with Gasteiger partial charge in [0.1, 0.15) is 17.2 Å². The van der Waals surface area contributed by atoms with Gasteiger partial charge in [-0.3, -0.25) is 10.1 Å². The number of nitrogens with zero attached hydrogens (tertiary/aromatic N) is 4. The van der Waals surface area contributed by atoms with Crippen LogP contribution >= 0.6 is 0 Å². The molecule has 7 nitrogen and oxygen atoms in total. The summed E-state index contributed by atoms with van der Waals surface area (Å²) >= 11 is 0. The summed E-state index contributed by atoms with van der Waals surface area (Å²) in [6.07, 6.45) is 15.6. The van der Waals surface area contributed by atoms with Crippen LogP contribution in [0, 0.1) is 18.7 Å². The van der Waals surface area contributed by atoms with E-state index >= 15 is 4.39 Å². The lowest BCUT2D eigenvalue weighted by Gasteiger charge is -2.30. The molecule has 4 aromatic rings. The molecule has 8 heteroatoms. The number of rotatable bonds is 8. The fraction of sp³-hybridized carbons (Fsp3) is 0.344. The molecule has 0 spiro atoms. The van der Waals surface area contributed by atoms with E-state index < -0.39 is 0 Å². The van der Waals surface area contributed by atoms with Gasteiger partial charge in [0.15, 0.2) is 5.82 Å². The van der Waals surface area contributed by atoms with Crippen molar-refractivity contribution in [2.24, 2.45) is 5.92 Å². The topological polar surface area (TPSA) is 85.5 Å². The van der Waals surface area contributed by atoms with Crippen molar-refractivity contribution in [2.45, 2.75) is 51.9 Å². The highest BCUT2D eigenvalue weighted by atomic mass is 19.1. The van der Waals surface area contributed by atoms with E-state index in [2.05, 4.69) is 43.5 Å². The molecule has 1 saturated carbocycles. The Bertz CT molecular complexity index is 1580. The number of allylic oxidation sites excluding steroid dienone is 3. The first-order valence-corrected chi connectivity index (χ1v) is 14.3. The third-order valence-electron chi connectivity index (χ3n) is 8.19. The highest BCUT2D eigenvalue weighted by Crippen LogP contribution is 2.36. The number of hydrogen-bond acceptors (Lipinski definition) is 5. The molecule has 1 aliphatic carbocycles. The zero-order valence-electron chi connectivity index (χ0n) is 23.1. The minimum Gasteiger partial charge on any atom is -0.370 e. The zero-order valence-corrected chi connectivity index (χ0v) is 23.1. The molecule has 206 valence electrons. The highest BCUT2D eigenvalue weighted by Gasteiger charge is 2.24. The largest absolute Gasteiger partial charge is 0.370 e. The quantitative estimate of drug-likeness (QED) is 0.202. The first-order chi connectivity index (χ1) is 19.5. The zero-order chi connectivity index (χ0) is 27.6. The van der Waals surface area contributed by atoms with Crippen LogP contribution in [-0.2, 0) is 0 Å². The number of halogens is 1. The third-order valence-corrected chi connectivity index (χ3v) is 8.19. The second-order valence-corrected chi connectivity index (χ2v) is 10.9. The van der Waals surface area contributed by atoms with Crippen LogP contribution in [-0.4, -0.2) is 43.1 Å². The van der Waals surface area contributed by atoms with Gasteiger partial charge < -0.3 is 15.2 Å². The number of imidazole rings is 1. The molecule has 0 bridgehead atoms. The van der Waals surface area contributed by atoms with Crippen molar-refractivity contribution < 1.29 is 4.39 Å². The molecular formula is C32H36FN7. The lowest BCUT2D eigenvalue weighted by Crippen LogP contribution is -2.28. The number of H-pyrrole nitrogens is 2. The van der Waals surface area contributed by atoms with Gasteiger partial charge in [-0.05, 0) is 69.2 Å². The second kappa shape index (κ2) is 11.1. The van der Waals surface area contributed by atoms with Crippen LogP contribution in [0.5, 0.6) is 0 Å². The van der Waals surface area contributed by atoms with Crippen molar-refractivity contribution in [1.82, 2.24) is 30.0 Å². The molecule has 4 heterocycles. The lowest BCUT2D eigenvalue weighted by molar-refractivity contribution is 0.325. The number of fused-ring (bicyclic) bond motifs is 1. The van der Waals surface area contributed by atoms with Gasteiger partial charge in [-0.2, -0.15) is 5.10 Å². The van der Waals surface area contributed by atoms with Gasteiger partial charge in [-0.1, -0.05) is 32.1 Å². The minimum atomic E-state index is -0.358. The Morgan fingerprint density at radius 3 is 2.70 bits per heavy atom. The standard InChI is InChI=1S/C32H36FN7/c1-4-10-27(40-15-8-5-9-16-40)30-21(3)36-32(37-30)31-28-26(38-39-31)14-13-25(29(28)33)23-17-24(19-34-18-23)35-20(2)22-11-6-7-12-22/h4,10,13-14,17-19,22,35H,1-2,5-9,11-12,15-16H2,3H3,(H,36,37)(H,38,39)/b27-10+. The molecule has 0 amide bonds. The number of aromatic nitrogens is 5. The molecule has 6 rings (SSSR count). The first kappa shape index (κ1) is 26.0. The molecule has 0 unspecified atom stereocenters. The SMILES string of the molecule is C=C/C=C(\c1nc(-c2n[nH]c3ccc(-c4cncc(NC(=C)C5CCCC5)c4)c(F)c23)[nH]c1C)N1CCCCC1. The predicted octanol–water partition coefficient (Wildman–Crippen LogP) is 7.59. The number of anilines is 1. The minimum absolute atomic E-state index is 0.358. The molecule has 2 fully saturated rings. The summed E-state index contributed by atoms with van der Waals surface area (Å²) in [5, 5.41) is 11.3. The Balaban J connectivity index is 1.35. The van der Waals surface area contributed by atoms with Crippen molar-refractivity contribution in [2.75, 3.05) is 18.4 Å². The molecule has 3 N–H and O–H groups in total. The summed E-state index contributed by atoms with van der Waals surface area (Å²) in [6.45, 7) is 12.1. The van der Waals surface area contributed by atoms with Crippen molar-refractivity contribution in [1.29, 1.82) is 0 Å². The van der Waals surface area contributed by atoms with E-state index in [1.165, 1.54) is 19.3 Å². The van der Waals surface area contributed by atoms with Gasteiger partial charge in [0, 0.05) is 41.8 Å². The molecule has 0 atom stereocenters. The number of pyridine rings is 1. The Kier molecular flexibility index (Phi) is 7.24. The molecule has 1 aliphatic heterocycles. The summed E-state index contributed by atoms with van der Waals surface area (Å²) < 4.78 is 16.3. The highest BCUT2D eigenvalue weighted by molar-refractivity contribution is 5.95. The maximum absolute atomic E-state index is 16.3. The van der Waals surface area contributed by atoms with E-state index in [0.29, 0.717) is 39.5 Å². The van der Waals surface area contributed by atoms with Gasteiger partial charge in [0.25, 0.3) is 0 Å². The average molecular weight is 538 g/mol. The summed E-state index contributed by atoms with van der Waals surface area (Å²) in [4.78, 5) is 15.0. The summed E-state index contributed by atoms with van der Waals surface area (Å²) in [5.41, 5.74) is 6.82. The maximum Gasteiger partial charge on any atom is 0.159 e. The summed E-state index contributed by atoms with van der Waals surface area (Å²) in [5.74, 6) is 0.648. The van der Waals surface area contributed by atoms with Gasteiger partial charge in [-0.15, -0.1) is 0 Å². The third kappa shape index (κ3) is 4.94. The van der Waals surface area contributed by atoms with Gasteiger partial charge in [0.2, 0.25) is 0 Å². The van der Waals surface area contributed by atoms with Crippen molar-refractivity contribution in [3.63, 3.8) is 0 Å². The number of nitrogens with one attached hydrogen (secondary N) is 3. The monoisotopic (exact) mass is 537 g/mol. The average Bonchev–Trinajstić information content (AvgIpc) is 3.73. The molecule has 2 aliphatic rings. The summed E-state index contributed by atoms with van der Waals surface area (Å²) in [6, 6.07) is 5.55. The Morgan fingerprint density at radius 2 is 1.93 bits per heavy atom. The van der Waals surface area contributed by atoms with Crippen LogP contribution in [0.4, 0.5) is 10.1 Å². The molecule has 40 heavy (non-hydrogen) atoms. The number of aromatic amines is 2. The van der Waals surface area contributed by atoms with Gasteiger partial charge >= 0.3 is 0 Å². The molecule has 3 aromatic heterocycles. The fourth-order valence-electron chi connectivity index (χ4n) is 6.09. The smallest absolute Gasteiger partial charge is 0.159 e. The van der Waals surface area contributed by atoms with E-state index in [4.69, 9.17) is 4.98 Å². The van der Waals surface area contributed by atoms with Crippen molar-refractivity contribution in [3.05, 3.63) is 78.8 Å². The number of benzene rings is 1. The van der Waals surface area contributed by atoms with Crippen LogP contribution < -0.4 is 5.32 Å². The first-order valence-electron chi connectivity index (χ1n) is 14.3. The number of piperidine rings is 1. The van der Waals surface area contributed by atoms with E-state index in [-0.39, 0.29) is 5.82 Å². The Hall–Kier alpha value is -4.20. The number of likely N-dealkylation sites (tertiary alicyclic amines) is 1. The van der Waals surface area contributed by atoms with Crippen LogP contribution in [0.2, 0.25) is 0 Å². The van der Waals surface area contributed by atoms with Crippen LogP contribution in [0.1, 0.15) is 56.3 Å². The molecular weight excluding hydrogens is 501 g/mol. The van der Waals surface area contributed by atoms with Gasteiger partial charge in [-0.25, -0.2) is 9.37 Å². The Labute approximate surface area is 234 Å². The van der Waals surface area contributed by atoms with Crippen molar-refractivity contribution in [3.8, 4) is 22.6 Å². The van der Waals surface area contributed by atoms with Crippen molar-refractivity contribution >= 4 is 22.3 Å². The van der Waals surface area contributed by atoms with E-state index in [1.807, 2.05) is 25.1 Å². The second-order valence-electron chi connectivity index (χ2n) is 10.9. The van der Waals surface area contributed by atoms with Crippen LogP contribution in [0.25, 0.3) is 39.2 Å². The lowest BCUT2D eigenvalue weighted by atomic mass is 10.0. The molecule has 1 aromatic carbocycles. The fourth-order valence-corrected chi connectivity index (χ4v) is 6.09. The van der Waals surface area contributed by atoms with Crippen LogP contribution in [0.15, 0.2) is 61.6 Å². The van der Waals surface area contributed by atoms with E-state index in [1.54, 1.807) is 24.5 Å². The van der Waals surface area contributed by atoms with Gasteiger partial charge in [0.05, 0.1) is 28.5 Å². The number of hydrogen-bond donors (Lipinski definition) is 3. The van der Waals surface area contributed by atoms with E-state index in [0.717, 1.165) is 67.2 Å². The van der Waals surface area contributed by atoms with Crippen LogP contribution in [0.3, 0.4) is 0 Å². The normalized spacial score (nSPS) is 16.6. The molecule has 1 saturated heterocycles. The maximum atomic E-state index is 16.3. The summed E-state index contributed by atoms with van der Waals surface area (Å²) in [7, 11) is 0. The molecule has 0 radical (unpaired) electrons. The predicted molar refractivity (Wildman–Crippen MR) is 160 cm³/mol.